The molecule has 1 aliphatic heterocycles. The maximum Gasteiger partial charge on any atom is 0.107 e. The summed E-state index contributed by atoms with van der Waals surface area (Å²) in [6, 6.07) is 0. The van der Waals surface area contributed by atoms with Gasteiger partial charge in [-0.25, -0.2) is 4.98 Å². The van der Waals surface area contributed by atoms with Crippen LogP contribution in [0.5, 0.6) is 0 Å². The van der Waals surface area contributed by atoms with Gasteiger partial charge in [0.1, 0.15) is 5.01 Å². The zero-order chi connectivity index (χ0) is 15.1. The fraction of sp³-hybridized carbons (Fsp3) is 0.824. The number of nitrogens with zero attached hydrogens (tertiary/aromatic N) is 2. The Morgan fingerprint density at radius 3 is 3.00 bits per heavy atom. The second-order valence-corrected chi connectivity index (χ2v) is 7.56. The van der Waals surface area contributed by atoms with E-state index in [9.17, 15) is 0 Å². The number of nitrogens with one attached hydrogen (secondary N) is 1. The smallest absolute Gasteiger partial charge is 0.107 e. The molecule has 1 aromatic rings. The van der Waals surface area contributed by atoms with Crippen LogP contribution in [0.15, 0.2) is 5.38 Å². The zero-order valence-corrected chi connectivity index (χ0v) is 14.7. The molecule has 0 aliphatic carbocycles. The molecular formula is C17H31N3S. The van der Waals surface area contributed by atoms with Gasteiger partial charge in [-0.05, 0) is 57.2 Å². The predicted octanol–water partition coefficient (Wildman–Crippen LogP) is 3.90. The Morgan fingerprint density at radius 2 is 2.24 bits per heavy atom. The van der Waals surface area contributed by atoms with Crippen LogP contribution >= 0.6 is 11.3 Å². The van der Waals surface area contributed by atoms with Crippen molar-refractivity contribution in [3.63, 3.8) is 0 Å². The Bertz CT molecular complexity index is 402. The van der Waals surface area contributed by atoms with Crippen LogP contribution in [-0.2, 0) is 13.1 Å². The third kappa shape index (κ3) is 5.68. The molecule has 1 aliphatic rings. The van der Waals surface area contributed by atoms with Crippen LogP contribution in [0, 0.1) is 11.8 Å². The summed E-state index contributed by atoms with van der Waals surface area (Å²) in [7, 11) is 0. The van der Waals surface area contributed by atoms with Crippen molar-refractivity contribution >= 4 is 11.3 Å². The minimum absolute atomic E-state index is 0.834. The van der Waals surface area contributed by atoms with Gasteiger partial charge < -0.3 is 5.32 Å². The molecule has 3 nitrogen and oxygen atoms in total. The molecule has 0 aromatic carbocycles. The largest absolute Gasteiger partial charge is 0.310 e. The Labute approximate surface area is 134 Å². The molecule has 1 aromatic heterocycles. The molecule has 0 amide bonds. The third-order valence-corrected chi connectivity index (χ3v) is 5.39. The first kappa shape index (κ1) is 16.9. The van der Waals surface area contributed by atoms with Gasteiger partial charge in [-0.15, -0.1) is 11.3 Å². The number of aromatic nitrogens is 1. The molecule has 1 N–H and O–H groups in total. The van der Waals surface area contributed by atoms with Crippen LogP contribution in [0.1, 0.15) is 57.2 Å². The molecular weight excluding hydrogens is 278 g/mol. The second-order valence-electron chi connectivity index (χ2n) is 6.62. The van der Waals surface area contributed by atoms with Gasteiger partial charge >= 0.3 is 0 Å². The monoisotopic (exact) mass is 309 g/mol. The molecule has 4 heteroatoms. The molecule has 120 valence electrons. The molecule has 0 bridgehead atoms. The highest BCUT2D eigenvalue weighted by molar-refractivity contribution is 7.09. The summed E-state index contributed by atoms with van der Waals surface area (Å²) in [6.07, 6.45) is 5.28. The third-order valence-electron chi connectivity index (χ3n) is 4.50. The van der Waals surface area contributed by atoms with E-state index in [-0.39, 0.29) is 0 Å². The highest BCUT2D eigenvalue weighted by atomic mass is 32.1. The van der Waals surface area contributed by atoms with Crippen molar-refractivity contribution in [2.24, 2.45) is 11.8 Å². The van der Waals surface area contributed by atoms with E-state index in [1.54, 1.807) is 11.3 Å². The van der Waals surface area contributed by atoms with Gasteiger partial charge in [0, 0.05) is 18.5 Å². The second kappa shape index (κ2) is 8.86. The maximum absolute atomic E-state index is 4.78. The number of hydrogen-bond acceptors (Lipinski definition) is 4. The predicted molar refractivity (Wildman–Crippen MR) is 91.6 cm³/mol. The zero-order valence-electron chi connectivity index (χ0n) is 13.9. The van der Waals surface area contributed by atoms with Gasteiger partial charge in [0.2, 0.25) is 0 Å². The molecule has 2 rings (SSSR count). The van der Waals surface area contributed by atoms with Crippen LogP contribution in [0.2, 0.25) is 0 Å². The van der Waals surface area contributed by atoms with Crippen LogP contribution in [-0.4, -0.2) is 29.5 Å². The lowest BCUT2D eigenvalue weighted by molar-refractivity contribution is 0.262. The average molecular weight is 310 g/mol. The summed E-state index contributed by atoms with van der Waals surface area (Å²) in [5, 5.41) is 6.90. The minimum Gasteiger partial charge on any atom is -0.310 e. The van der Waals surface area contributed by atoms with Crippen molar-refractivity contribution in [1.82, 2.24) is 15.2 Å². The highest BCUT2D eigenvalue weighted by Gasteiger charge is 2.19. The molecule has 1 atom stereocenters. The topological polar surface area (TPSA) is 28.2 Å². The van der Waals surface area contributed by atoms with Crippen LogP contribution in [0.25, 0.3) is 0 Å². The Balaban J connectivity index is 1.79. The van der Waals surface area contributed by atoms with Gasteiger partial charge in [0.05, 0.1) is 5.69 Å². The fourth-order valence-corrected chi connectivity index (χ4v) is 3.87. The summed E-state index contributed by atoms with van der Waals surface area (Å²) < 4.78 is 0. The number of likely N-dealkylation sites (tertiary alicyclic amines) is 1. The van der Waals surface area contributed by atoms with E-state index in [1.165, 1.54) is 49.5 Å². The van der Waals surface area contributed by atoms with E-state index in [1.807, 2.05) is 0 Å². The standard InChI is InChI=1S/C17H31N3S/c1-4-8-18-11-17-19-16(13-21-17)12-20-9-5-6-15(7-10-20)14(2)3/h13-15,18H,4-12H2,1-3H3. The molecule has 0 saturated carbocycles. The van der Waals surface area contributed by atoms with Crippen molar-refractivity contribution in [1.29, 1.82) is 0 Å². The first-order valence-corrected chi connectivity index (χ1v) is 9.43. The highest BCUT2D eigenvalue weighted by Crippen LogP contribution is 2.25. The molecule has 1 unspecified atom stereocenters. The van der Waals surface area contributed by atoms with E-state index in [2.05, 4.69) is 36.4 Å². The molecule has 0 radical (unpaired) electrons. The first-order chi connectivity index (χ1) is 10.2. The van der Waals surface area contributed by atoms with Crippen LogP contribution in [0.3, 0.4) is 0 Å². The number of hydrogen-bond donors (Lipinski definition) is 1. The van der Waals surface area contributed by atoms with E-state index >= 15 is 0 Å². The SMILES string of the molecule is CCCNCc1nc(CN2CCCC(C(C)C)CC2)cs1. The lowest BCUT2D eigenvalue weighted by Crippen LogP contribution is -2.24. The van der Waals surface area contributed by atoms with Crippen molar-refractivity contribution in [3.05, 3.63) is 16.1 Å². The van der Waals surface area contributed by atoms with Gasteiger partial charge in [-0.1, -0.05) is 20.8 Å². The molecule has 21 heavy (non-hydrogen) atoms. The molecule has 1 fully saturated rings. The van der Waals surface area contributed by atoms with Crippen LogP contribution < -0.4 is 5.32 Å². The number of thiazole rings is 1. The average Bonchev–Trinajstić information content (AvgIpc) is 2.76. The Morgan fingerprint density at radius 1 is 1.38 bits per heavy atom. The normalized spacial score (nSPS) is 20.9. The van der Waals surface area contributed by atoms with E-state index in [0.717, 1.165) is 31.5 Å². The fourth-order valence-electron chi connectivity index (χ4n) is 3.11. The number of rotatable bonds is 7. The van der Waals surface area contributed by atoms with Crippen LogP contribution in [0.4, 0.5) is 0 Å². The van der Waals surface area contributed by atoms with Gasteiger partial charge in [0.15, 0.2) is 0 Å². The van der Waals surface area contributed by atoms with Gasteiger partial charge in [-0.3, -0.25) is 4.90 Å². The summed E-state index contributed by atoms with van der Waals surface area (Å²) in [6.45, 7) is 12.5. The lowest BCUT2D eigenvalue weighted by Gasteiger charge is -2.20. The van der Waals surface area contributed by atoms with Gasteiger partial charge in [-0.2, -0.15) is 0 Å². The molecule has 1 saturated heterocycles. The van der Waals surface area contributed by atoms with Gasteiger partial charge in [0.25, 0.3) is 0 Å². The van der Waals surface area contributed by atoms with Crippen molar-refractivity contribution < 1.29 is 0 Å². The molecule has 2 heterocycles. The molecule has 0 spiro atoms. The van der Waals surface area contributed by atoms with E-state index < -0.39 is 0 Å². The summed E-state index contributed by atoms with van der Waals surface area (Å²) in [5.74, 6) is 1.75. The van der Waals surface area contributed by atoms with E-state index in [0.29, 0.717) is 0 Å². The van der Waals surface area contributed by atoms with Crippen molar-refractivity contribution in [3.8, 4) is 0 Å². The lowest BCUT2D eigenvalue weighted by atomic mass is 9.89. The maximum atomic E-state index is 4.78. The quantitative estimate of drug-likeness (QED) is 0.774. The summed E-state index contributed by atoms with van der Waals surface area (Å²) in [4.78, 5) is 7.37. The Kier molecular flexibility index (Phi) is 7.14. The minimum atomic E-state index is 0.834. The first-order valence-electron chi connectivity index (χ1n) is 8.55. The summed E-state index contributed by atoms with van der Waals surface area (Å²) >= 11 is 1.80. The summed E-state index contributed by atoms with van der Waals surface area (Å²) in [5.41, 5.74) is 1.26. The Hall–Kier alpha value is -0.450. The van der Waals surface area contributed by atoms with Crippen molar-refractivity contribution in [2.75, 3.05) is 19.6 Å². The van der Waals surface area contributed by atoms with E-state index in [4.69, 9.17) is 4.98 Å². The van der Waals surface area contributed by atoms with Crippen molar-refractivity contribution in [2.45, 2.75) is 59.5 Å².